The topological polar surface area (TPSA) is 40.7 Å². The summed E-state index contributed by atoms with van der Waals surface area (Å²) in [4.78, 5) is 7.29. The first-order chi connectivity index (χ1) is 9.20. The molecule has 0 spiro atoms. The minimum Gasteiger partial charge on any atom is -0.349 e. The molecule has 0 saturated heterocycles. The van der Waals surface area contributed by atoms with Crippen LogP contribution in [0.1, 0.15) is 30.8 Å². The van der Waals surface area contributed by atoms with E-state index in [4.69, 9.17) is 23.2 Å². The predicted molar refractivity (Wildman–Crippen MR) is 79.8 cm³/mol. The van der Waals surface area contributed by atoms with Gasteiger partial charge in [0.15, 0.2) is 0 Å². The minimum atomic E-state index is 0.236. The lowest BCUT2D eigenvalue weighted by Gasteiger charge is -2.18. The highest BCUT2D eigenvalue weighted by molar-refractivity contribution is 6.35. The van der Waals surface area contributed by atoms with Crippen molar-refractivity contribution in [3.63, 3.8) is 0 Å². The number of hydrogen-bond donors (Lipinski definition) is 2. The average Bonchev–Trinajstić information content (AvgIpc) is 2.89. The number of imidazole rings is 1. The summed E-state index contributed by atoms with van der Waals surface area (Å²) >= 11 is 12.2. The number of H-pyrrole nitrogens is 1. The first-order valence-electron chi connectivity index (χ1n) is 6.37. The standard InChI is InChI=1S/C14H17Cl2N3/c1-2-13(11-4-3-10(15)9-12(11)16)17-6-5-14-18-7-8-19-14/h3-4,7-9,13,17H,2,5-6H2,1H3,(H,18,19). The van der Waals surface area contributed by atoms with Crippen LogP contribution in [0.2, 0.25) is 10.0 Å². The first kappa shape index (κ1) is 14.4. The molecule has 1 heterocycles. The van der Waals surface area contributed by atoms with Crippen molar-refractivity contribution in [1.29, 1.82) is 0 Å². The Labute approximate surface area is 123 Å². The number of aromatic nitrogens is 2. The maximum atomic E-state index is 6.24. The molecular formula is C14H17Cl2N3. The number of nitrogens with zero attached hydrogens (tertiary/aromatic N) is 1. The minimum absolute atomic E-state index is 0.236. The van der Waals surface area contributed by atoms with E-state index in [9.17, 15) is 0 Å². The van der Waals surface area contributed by atoms with E-state index in [0.29, 0.717) is 10.0 Å². The van der Waals surface area contributed by atoms with Crippen LogP contribution in [0, 0.1) is 0 Å². The number of halogens is 2. The molecule has 3 nitrogen and oxygen atoms in total. The predicted octanol–water partition coefficient (Wildman–Crippen LogP) is 4.00. The van der Waals surface area contributed by atoms with Crippen LogP contribution in [0.4, 0.5) is 0 Å². The average molecular weight is 298 g/mol. The second-order valence-electron chi connectivity index (χ2n) is 4.37. The second kappa shape index (κ2) is 6.94. The Morgan fingerprint density at radius 3 is 2.84 bits per heavy atom. The van der Waals surface area contributed by atoms with Gasteiger partial charge in [-0.05, 0) is 24.1 Å². The lowest BCUT2D eigenvalue weighted by molar-refractivity contribution is 0.519. The fourth-order valence-corrected chi connectivity index (χ4v) is 2.60. The van der Waals surface area contributed by atoms with Crippen LogP contribution in [0.3, 0.4) is 0 Å². The molecule has 2 N–H and O–H groups in total. The summed E-state index contributed by atoms with van der Waals surface area (Å²) in [6.45, 7) is 2.99. The molecule has 0 aliphatic rings. The van der Waals surface area contributed by atoms with Crippen LogP contribution < -0.4 is 5.32 Å². The van der Waals surface area contributed by atoms with Crippen LogP contribution in [-0.4, -0.2) is 16.5 Å². The lowest BCUT2D eigenvalue weighted by Crippen LogP contribution is -2.23. The van der Waals surface area contributed by atoms with Crippen LogP contribution >= 0.6 is 23.2 Å². The van der Waals surface area contributed by atoms with Crippen molar-refractivity contribution >= 4 is 23.2 Å². The zero-order chi connectivity index (χ0) is 13.7. The number of rotatable bonds is 6. The van der Waals surface area contributed by atoms with Crippen LogP contribution in [0.5, 0.6) is 0 Å². The van der Waals surface area contributed by atoms with Crippen LogP contribution in [0.25, 0.3) is 0 Å². The smallest absolute Gasteiger partial charge is 0.107 e. The van der Waals surface area contributed by atoms with Gasteiger partial charge >= 0.3 is 0 Å². The molecule has 1 atom stereocenters. The van der Waals surface area contributed by atoms with Gasteiger partial charge in [-0.25, -0.2) is 4.98 Å². The van der Waals surface area contributed by atoms with Crippen molar-refractivity contribution in [2.75, 3.05) is 6.54 Å². The van der Waals surface area contributed by atoms with E-state index >= 15 is 0 Å². The van der Waals surface area contributed by atoms with Crippen molar-refractivity contribution in [3.05, 3.63) is 52.0 Å². The van der Waals surface area contributed by atoms with Gasteiger partial charge in [-0.15, -0.1) is 0 Å². The molecule has 0 bridgehead atoms. The molecule has 0 saturated carbocycles. The molecular weight excluding hydrogens is 281 g/mol. The number of aromatic amines is 1. The number of nitrogens with one attached hydrogen (secondary N) is 2. The van der Waals surface area contributed by atoms with Crippen LogP contribution in [-0.2, 0) is 6.42 Å². The highest BCUT2D eigenvalue weighted by Crippen LogP contribution is 2.27. The van der Waals surface area contributed by atoms with Gasteiger partial charge in [0.25, 0.3) is 0 Å². The maximum Gasteiger partial charge on any atom is 0.107 e. The summed E-state index contributed by atoms with van der Waals surface area (Å²) in [5.41, 5.74) is 1.09. The summed E-state index contributed by atoms with van der Waals surface area (Å²) in [5.74, 6) is 0.990. The SMILES string of the molecule is CCC(NCCc1ncc[nH]1)c1ccc(Cl)cc1Cl. The summed E-state index contributed by atoms with van der Waals surface area (Å²) in [6.07, 6.45) is 5.44. The Morgan fingerprint density at radius 1 is 1.37 bits per heavy atom. The first-order valence-corrected chi connectivity index (χ1v) is 7.13. The van der Waals surface area contributed by atoms with Gasteiger partial charge < -0.3 is 10.3 Å². The summed E-state index contributed by atoms with van der Waals surface area (Å²) in [6, 6.07) is 5.88. The molecule has 0 radical (unpaired) electrons. The maximum absolute atomic E-state index is 6.24. The van der Waals surface area contributed by atoms with Gasteiger partial charge in [0.1, 0.15) is 5.82 Å². The van der Waals surface area contributed by atoms with Gasteiger partial charge in [-0.2, -0.15) is 0 Å². The van der Waals surface area contributed by atoms with E-state index in [1.165, 1.54) is 0 Å². The quantitative estimate of drug-likeness (QED) is 0.846. The summed E-state index contributed by atoms with van der Waals surface area (Å²) in [5, 5.41) is 4.88. The highest BCUT2D eigenvalue weighted by Gasteiger charge is 2.12. The molecule has 1 aromatic carbocycles. The molecule has 2 aromatic rings. The molecule has 0 aliphatic carbocycles. The Kier molecular flexibility index (Phi) is 5.25. The summed E-state index contributed by atoms with van der Waals surface area (Å²) in [7, 11) is 0. The molecule has 102 valence electrons. The van der Waals surface area contributed by atoms with Gasteiger partial charge in [-0.1, -0.05) is 36.2 Å². The summed E-state index contributed by atoms with van der Waals surface area (Å²) < 4.78 is 0. The molecule has 0 aliphatic heterocycles. The fraction of sp³-hybridized carbons (Fsp3) is 0.357. The van der Waals surface area contributed by atoms with Crippen molar-refractivity contribution in [1.82, 2.24) is 15.3 Å². The third-order valence-corrected chi connectivity index (χ3v) is 3.62. The van der Waals surface area contributed by atoms with E-state index in [-0.39, 0.29) is 6.04 Å². The Morgan fingerprint density at radius 2 is 2.21 bits per heavy atom. The van der Waals surface area contributed by atoms with E-state index < -0.39 is 0 Å². The van der Waals surface area contributed by atoms with Crippen molar-refractivity contribution in [2.45, 2.75) is 25.8 Å². The third-order valence-electron chi connectivity index (χ3n) is 3.05. The van der Waals surface area contributed by atoms with E-state index in [2.05, 4.69) is 22.2 Å². The third kappa shape index (κ3) is 3.96. The zero-order valence-corrected chi connectivity index (χ0v) is 12.3. The van der Waals surface area contributed by atoms with Crippen LogP contribution in [0.15, 0.2) is 30.6 Å². The van der Waals surface area contributed by atoms with E-state index in [0.717, 1.165) is 30.8 Å². The normalized spacial score (nSPS) is 12.6. The molecule has 0 fully saturated rings. The number of benzene rings is 1. The molecule has 1 aromatic heterocycles. The van der Waals surface area contributed by atoms with E-state index in [1.807, 2.05) is 18.3 Å². The molecule has 0 amide bonds. The molecule has 2 rings (SSSR count). The van der Waals surface area contributed by atoms with Gasteiger partial charge in [0, 0.05) is 41.4 Å². The lowest BCUT2D eigenvalue weighted by atomic mass is 10.0. The number of hydrogen-bond acceptors (Lipinski definition) is 2. The van der Waals surface area contributed by atoms with Gasteiger partial charge in [-0.3, -0.25) is 0 Å². The van der Waals surface area contributed by atoms with E-state index in [1.54, 1.807) is 12.3 Å². The Hall–Kier alpha value is -1.03. The second-order valence-corrected chi connectivity index (χ2v) is 5.21. The largest absolute Gasteiger partial charge is 0.349 e. The Bertz CT molecular complexity index is 511. The fourth-order valence-electron chi connectivity index (χ4n) is 2.06. The molecule has 5 heteroatoms. The monoisotopic (exact) mass is 297 g/mol. The molecule has 19 heavy (non-hydrogen) atoms. The highest BCUT2D eigenvalue weighted by atomic mass is 35.5. The zero-order valence-electron chi connectivity index (χ0n) is 10.8. The molecule has 1 unspecified atom stereocenters. The van der Waals surface area contributed by atoms with Crippen molar-refractivity contribution in [3.8, 4) is 0 Å². The van der Waals surface area contributed by atoms with Crippen molar-refractivity contribution in [2.24, 2.45) is 0 Å². The Balaban J connectivity index is 1.95. The van der Waals surface area contributed by atoms with Gasteiger partial charge in [0.2, 0.25) is 0 Å². The van der Waals surface area contributed by atoms with Gasteiger partial charge in [0.05, 0.1) is 0 Å². The van der Waals surface area contributed by atoms with Crippen molar-refractivity contribution < 1.29 is 0 Å².